The molecular formula is C18H12Cl2F2N4O3. The highest BCUT2D eigenvalue weighted by Gasteiger charge is 2.27. The average molecular weight is 441 g/mol. The number of halogens is 4. The number of hydrogen-bond donors (Lipinski definition) is 1. The Bertz CT molecular complexity index is 1120. The number of anilines is 1. The Hall–Kier alpha value is -3.04. The molecule has 11 heteroatoms. The van der Waals surface area contributed by atoms with Crippen molar-refractivity contribution in [2.24, 2.45) is 7.05 Å². The lowest BCUT2D eigenvalue weighted by Crippen LogP contribution is -2.18. The fraction of sp³-hybridized carbons (Fsp3) is 0.111. The SMILES string of the molecule is Cn1ncc(-c2cc(C(=O)Nc3ccc(OC(F)(F)Cl)cc3)cnc2Cl)cc1=O. The van der Waals surface area contributed by atoms with Gasteiger partial charge in [0.2, 0.25) is 0 Å². The van der Waals surface area contributed by atoms with Crippen molar-refractivity contribution in [3.8, 4) is 16.9 Å². The molecule has 2 heterocycles. The lowest BCUT2D eigenvalue weighted by atomic mass is 10.1. The maximum atomic E-state index is 12.6. The summed E-state index contributed by atoms with van der Waals surface area (Å²) in [6.07, 6.45) is 2.69. The molecule has 0 saturated carbocycles. The van der Waals surface area contributed by atoms with Gasteiger partial charge in [-0.1, -0.05) is 11.6 Å². The summed E-state index contributed by atoms with van der Waals surface area (Å²) in [6.45, 7) is 0. The van der Waals surface area contributed by atoms with Crippen LogP contribution in [0.15, 0.2) is 53.6 Å². The van der Waals surface area contributed by atoms with Crippen LogP contribution < -0.4 is 15.6 Å². The first-order valence-electron chi connectivity index (χ1n) is 7.99. The van der Waals surface area contributed by atoms with Crippen LogP contribution in [0.5, 0.6) is 5.75 Å². The van der Waals surface area contributed by atoms with Gasteiger partial charge in [-0.25, -0.2) is 9.67 Å². The highest BCUT2D eigenvalue weighted by Crippen LogP contribution is 2.27. The molecule has 0 atom stereocenters. The molecular weight excluding hydrogens is 429 g/mol. The summed E-state index contributed by atoms with van der Waals surface area (Å²) < 4.78 is 30.6. The minimum Gasteiger partial charge on any atom is -0.420 e. The van der Waals surface area contributed by atoms with Crippen LogP contribution in [0.25, 0.3) is 11.1 Å². The molecule has 0 aliphatic heterocycles. The van der Waals surface area contributed by atoms with Crippen LogP contribution >= 0.6 is 23.2 Å². The van der Waals surface area contributed by atoms with E-state index in [1.54, 1.807) is 0 Å². The quantitative estimate of drug-likeness (QED) is 0.479. The van der Waals surface area contributed by atoms with E-state index in [-0.39, 0.29) is 22.0 Å². The molecule has 0 saturated heterocycles. The number of pyridine rings is 1. The summed E-state index contributed by atoms with van der Waals surface area (Å²) in [4.78, 5) is 28.3. The highest BCUT2D eigenvalue weighted by molar-refractivity contribution is 6.32. The largest absolute Gasteiger partial charge is 0.487 e. The monoisotopic (exact) mass is 440 g/mol. The lowest BCUT2D eigenvalue weighted by Gasteiger charge is -2.11. The highest BCUT2D eigenvalue weighted by atomic mass is 35.5. The number of amides is 1. The van der Waals surface area contributed by atoms with Gasteiger partial charge in [-0.3, -0.25) is 9.59 Å². The van der Waals surface area contributed by atoms with Crippen LogP contribution in [0.1, 0.15) is 10.4 Å². The summed E-state index contributed by atoms with van der Waals surface area (Å²) in [5.74, 6) is -0.694. The Labute approximate surface area is 172 Å². The van der Waals surface area contributed by atoms with Crippen molar-refractivity contribution in [3.63, 3.8) is 0 Å². The number of alkyl halides is 3. The van der Waals surface area contributed by atoms with E-state index in [4.69, 9.17) is 23.2 Å². The van der Waals surface area contributed by atoms with Gasteiger partial charge in [-0.2, -0.15) is 5.10 Å². The molecule has 0 bridgehead atoms. The third-order valence-corrected chi connectivity index (χ3v) is 4.10. The van der Waals surface area contributed by atoms with Crippen molar-refractivity contribution >= 4 is 34.8 Å². The fourth-order valence-electron chi connectivity index (χ4n) is 2.33. The lowest BCUT2D eigenvalue weighted by molar-refractivity contribution is -0.0964. The number of carbonyl (C=O) groups is 1. The average Bonchev–Trinajstić information content (AvgIpc) is 2.65. The summed E-state index contributed by atoms with van der Waals surface area (Å²) in [5.41, 5.74) is -2.92. The van der Waals surface area contributed by atoms with Gasteiger partial charge >= 0.3 is 5.57 Å². The van der Waals surface area contributed by atoms with Crippen LogP contribution in [0.4, 0.5) is 14.5 Å². The van der Waals surface area contributed by atoms with E-state index < -0.39 is 11.5 Å². The molecule has 1 aromatic carbocycles. The minimum absolute atomic E-state index is 0.0973. The van der Waals surface area contributed by atoms with Crippen molar-refractivity contribution < 1.29 is 18.3 Å². The Kier molecular flexibility index (Phi) is 5.81. The van der Waals surface area contributed by atoms with Crippen LogP contribution in [-0.4, -0.2) is 26.2 Å². The second kappa shape index (κ2) is 8.14. The molecule has 2 aromatic heterocycles. The van der Waals surface area contributed by atoms with Crippen molar-refractivity contribution in [1.29, 1.82) is 0 Å². The van der Waals surface area contributed by atoms with Crippen LogP contribution in [0, 0.1) is 0 Å². The zero-order chi connectivity index (χ0) is 21.2. The third-order valence-electron chi connectivity index (χ3n) is 3.73. The standard InChI is InChI=1S/C18H12Cl2F2N4O3/c1-26-15(27)7-10(9-24-26)14-6-11(8-23-16(14)19)17(28)25-12-2-4-13(5-3-12)29-18(20,21)22/h2-9H,1H3,(H,25,28). The maximum Gasteiger partial charge on any atom is 0.487 e. The molecule has 0 unspecified atom stereocenters. The van der Waals surface area contributed by atoms with E-state index in [0.717, 1.165) is 4.68 Å². The van der Waals surface area contributed by atoms with E-state index in [2.05, 4.69) is 20.1 Å². The van der Waals surface area contributed by atoms with Gasteiger partial charge in [0.05, 0.1) is 11.8 Å². The maximum absolute atomic E-state index is 12.6. The summed E-state index contributed by atoms with van der Waals surface area (Å²) >= 11 is 10.8. The molecule has 0 aliphatic carbocycles. The van der Waals surface area contributed by atoms with E-state index in [1.165, 1.54) is 55.8 Å². The van der Waals surface area contributed by atoms with E-state index >= 15 is 0 Å². The Morgan fingerprint density at radius 2 is 1.90 bits per heavy atom. The molecule has 1 N–H and O–H groups in total. The smallest absolute Gasteiger partial charge is 0.420 e. The number of aromatic nitrogens is 3. The van der Waals surface area contributed by atoms with E-state index in [9.17, 15) is 18.4 Å². The van der Waals surface area contributed by atoms with Crippen molar-refractivity contribution in [1.82, 2.24) is 14.8 Å². The van der Waals surface area contributed by atoms with Crippen LogP contribution in [-0.2, 0) is 7.05 Å². The number of hydrogen-bond acceptors (Lipinski definition) is 5. The molecule has 3 rings (SSSR count). The molecule has 29 heavy (non-hydrogen) atoms. The molecule has 3 aromatic rings. The number of ether oxygens (including phenoxy) is 1. The third kappa shape index (κ3) is 5.27. The Morgan fingerprint density at radius 1 is 1.21 bits per heavy atom. The molecule has 0 spiro atoms. The van der Waals surface area contributed by atoms with Gasteiger partial charge in [0.1, 0.15) is 10.9 Å². The van der Waals surface area contributed by atoms with Gasteiger partial charge < -0.3 is 10.1 Å². The van der Waals surface area contributed by atoms with Crippen molar-refractivity contribution in [2.45, 2.75) is 5.57 Å². The van der Waals surface area contributed by atoms with Gasteiger partial charge in [0.25, 0.3) is 11.5 Å². The van der Waals surface area contributed by atoms with Gasteiger partial charge in [-0.05, 0) is 30.3 Å². The number of carbonyl (C=O) groups excluding carboxylic acids is 1. The molecule has 0 radical (unpaired) electrons. The van der Waals surface area contributed by atoms with Crippen molar-refractivity contribution in [2.75, 3.05) is 5.32 Å². The number of nitrogens with one attached hydrogen (secondary N) is 1. The first-order chi connectivity index (χ1) is 13.6. The van der Waals surface area contributed by atoms with E-state index in [0.29, 0.717) is 16.8 Å². The second-order valence-corrected chi connectivity index (χ2v) is 6.59. The number of benzene rings is 1. The van der Waals surface area contributed by atoms with Crippen molar-refractivity contribution in [3.05, 3.63) is 69.9 Å². The van der Waals surface area contributed by atoms with Gasteiger partial charge in [0.15, 0.2) is 0 Å². The fourth-order valence-corrected chi connectivity index (χ4v) is 2.64. The summed E-state index contributed by atoms with van der Waals surface area (Å²) in [5, 5.41) is 6.60. The predicted octanol–water partition coefficient (Wildman–Crippen LogP) is 3.92. The number of rotatable bonds is 5. The normalized spacial score (nSPS) is 11.2. The summed E-state index contributed by atoms with van der Waals surface area (Å²) in [6, 6.07) is 7.97. The van der Waals surface area contributed by atoms with Crippen LogP contribution in [0.2, 0.25) is 5.15 Å². The Morgan fingerprint density at radius 3 is 2.52 bits per heavy atom. The van der Waals surface area contributed by atoms with E-state index in [1.807, 2.05) is 0 Å². The minimum atomic E-state index is -3.83. The Balaban J connectivity index is 1.81. The topological polar surface area (TPSA) is 86.1 Å². The van der Waals surface area contributed by atoms with Crippen LogP contribution in [0.3, 0.4) is 0 Å². The van der Waals surface area contributed by atoms with Gasteiger partial charge in [0, 0.05) is 47.7 Å². The second-order valence-electron chi connectivity index (χ2n) is 5.79. The first-order valence-corrected chi connectivity index (χ1v) is 8.74. The summed E-state index contributed by atoms with van der Waals surface area (Å²) in [7, 11) is 1.50. The molecule has 0 aliphatic rings. The first kappa shape index (κ1) is 20.7. The number of aryl methyl sites for hydroxylation is 1. The molecule has 150 valence electrons. The number of nitrogens with zero attached hydrogens (tertiary/aromatic N) is 3. The zero-order valence-corrected chi connectivity index (χ0v) is 16.2. The van der Waals surface area contributed by atoms with Gasteiger partial charge in [-0.15, -0.1) is 8.78 Å². The molecule has 0 fully saturated rings. The molecule has 7 nitrogen and oxygen atoms in total. The predicted molar refractivity (Wildman–Crippen MR) is 104 cm³/mol. The molecule has 1 amide bonds. The zero-order valence-electron chi connectivity index (χ0n) is 14.7.